The lowest BCUT2D eigenvalue weighted by Crippen LogP contribution is -2.61. The molecule has 0 aromatic heterocycles. The molecule has 3 N–H and O–H groups in total. The average Bonchev–Trinajstić information content (AvgIpc) is 3.33. The first kappa shape index (κ1) is 25.7. The fraction of sp³-hybridized carbons (Fsp3) is 0.679. The van der Waals surface area contributed by atoms with Crippen LogP contribution in [0.1, 0.15) is 57.4 Å². The number of benzene rings is 1. The Hall–Kier alpha value is -2.59. The largest absolute Gasteiger partial charge is 0.479 e. The van der Waals surface area contributed by atoms with Gasteiger partial charge in [0.1, 0.15) is 11.4 Å². The second kappa shape index (κ2) is 8.71. The molecule has 1 aromatic rings. The Labute approximate surface area is 219 Å². The Bertz CT molecular complexity index is 1120. The normalized spacial score (nSPS) is 42.8. The minimum absolute atomic E-state index is 0.0421. The molecular weight excluding hydrogens is 500 g/mol. The van der Waals surface area contributed by atoms with Crippen molar-refractivity contribution in [3.8, 4) is 0 Å². The molecule has 206 valence electrons. The van der Waals surface area contributed by atoms with Gasteiger partial charge in [-0.25, -0.2) is 18.4 Å². The summed E-state index contributed by atoms with van der Waals surface area (Å²) in [7, 11) is 0. The summed E-state index contributed by atoms with van der Waals surface area (Å²) in [5.41, 5.74) is 1.74. The number of rotatable bonds is 8. The highest BCUT2D eigenvalue weighted by atomic mass is 19.1. The van der Waals surface area contributed by atoms with Gasteiger partial charge in [-0.3, -0.25) is 4.79 Å². The number of fused-ring (bicyclic) bond motifs is 1. The van der Waals surface area contributed by atoms with Gasteiger partial charge in [-0.2, -0.15) is 0 Å². The lowest BCUT2D eigenvalue weighted by atomic mass is 9.49. The Morgan fingerprint density at radius 1 is 1.00 bits per heavy atom. The van der Waals surface area contributed by atoms with E-state index in [4.69, 9.17) is 19.9 Å². The summed E-state index contributed by atoms with van der Waals surface area (Å²) in [6, 6.07) is 5.52. The second-order valence-electron chi connectivity index (χ2n) is 12.3. The summed E-state index contributed by atoms with van der Waals surface area (Å²) in [6.07, 6.45) is 3.40. The molecule has 6 aliphatic rings. The molecule has 38 heavy (non-hydrogen) atoms. The van der Waals surface area contributed by atoms with Crippen molar-refractivity contribution in [2.24, 2.45) is 40.7 Å². The van der Waals surface area contributed by atoms with Crippen LogP contribution in [-0.2, 0) is 35.2 Å². The molecular formula is C28H33F2NO7. The van der Waals surface area contributed by atoms with E-state index >= 15 is 4.39 Å². The predicted octanol–water partition coefficient (Wildman–Crippen LogP) is 3.50. The molecule has 6 saturated carbocycles. The monoisotopic (exact) mass is 533 g/mol. The zero-order chi connectivity index (χ0) is 27.0. The third-order valence-corrected chi connectivity index (χ3v) is 9.86. The summed E-state index contributed by atoms with van der Waals surface area (Å²) in [5, 5.41) is 9.48. The molecule has 0 radical (unpaired) electrons. The molecule has 6 atom stereocenters. The number of esters is 2. The fourth-order valence-electron chi connectivity index (χ4n) is 8.49. The van der Waals surface area contributed by atoms with Crippen molar-refractivity contribution in [1.82, 2.24) is 0 Å². The van der Waals surface area contributed by atoms with Crippen molar-refractivity contribution < 1.29 is 42.5 Å². The number of hydrogen-bond donors (Lipinski definition) is 2. The van der Waals surface area contributed by atoms with Crippen molar-refractivity contribution in [3.63, 3.8) is 0 Å². The smallest absolute Gasteiger partial charge is 0.342 e. The van der Waals surface area contributed by atoms with Gasteiger partial charge in [-0.05, 0) is 80.4 Å². The van der Waals surface area contributed by atoms with Gasteiger partial charge in [-0.15, -0.1) is 0 Å². The quantitative estimate of drug-likeness (QED) is 0.384. The minimum Gasteiger partial charge on any atom is -0.479 e. The van der Waals surface area contributed by atoms with Crippen LogP contribution < -0.4 is 5.73 Å². The van der Waals surface area contributed by atoms with Crippen molar-refractivity contribution >= 4 is 17.9 Å². The highest BCUT2D eigenvalue weighted by molar-refractivity contribution is 5.91. The minimum atomic E-state index is -2.66. The van der Waals surface area contributed by atoms with Crippen molar-refractivity contribution in [2.45, 2.75) is 82.1 Å². The van der Waals surface area contributed by atoms with Gasteiger partial charge < -0.3 is 25.1 Å². The van der Waals surface area contributed by atoms with E-state index in [9.17, 15) is 23.9 Å². The van der Waals surface area contributed by atoms with Crippen LogP contribution in [0.15, 0.2) is 24.3 Å². The van der Waals surface area contributed by atoms with Gasteiger partial charge >= 0.3 is 17.9 Å². The van der Waals surface area contributed by atoms with E-state index < -0.39 is 58.6 Å². The molecule has 1 aromatic carbocycles. The number of ether oxygens (including phenoxy) is 3. The van der Waals surface area contributed by atoms with Crippen LogP contribution in [0.5, 0.6) is 0 Å². The molecule has 0 spiro atoms. The maximum Gasteiger partial charge on any atom is 0.342 e. The third kappa shape index (κ3) is 3.86. The number of carbonyl (C=O) groups is 3. The van der Waals surface area contributed by atoms with E-state index in [0.717, 1.165) is 38.5 Å². The molecule has 0 aliphatic heterocycles. The molecule has 6 aliphatic carbocycles. The molecule has 6 fully saturated rings. The summed E-state index contributed by atoms with van der Waals surface area (Å²) < 4.78 is 45.4. The van der Waals surface area contributed by atoms with Crippen LogP contribution >= 0.6 is 0 Å². The van der Waals surface area contributed by atoms with E-state index in [1.807, 2.05) is 0 Å². The van der Waals surface area contributed by atoms with Crippen LogP contribution in [0.4, 0.5) is 8.78 Å². The zero-order valence-electron chi connectivity index (χ0n) is 21.2. The third-order valence-electron chi connectivity index (χ3n) is 9.86. The number of nitrogens with two attached hydrogens (primary N) is 1. The number of carboxylic acid groups (broad SMARTS) is 1. The number of aliphatic carboxylic acids is 1. The van der Waals surface area contributed by atoms with Crippen LogP contribution in [-0.4, -0.2) is 46.6 Å². The highest BCUT2D eigenvalue weighted by Gasteiger charge is 2.85. The average molecular weight is 534 g/mol. The molecule has 10 heteroatoms. The van der Waals surface area contributed by atoms with Crippen LogP contribution in [0.2, 0.25) is 0 Å². The molecule has 0 amide bonds. The van der Waals surface area contributed by atoms with Crippen molar-refractivity contribution in [2.75, 3.05) is 0 Å². The molecule has 0 saturated heterocycles. The predicted molar refractivity (Wildman–Crippen MR) is 127 cm³/mol. The lowest BCUT2D eigenvalue weighted by Gasteiger charge is -2.55. The van der Waals surface area contributed by atoms with Crippen molar-refractivity contribution in [3.05, 3.63) is 35.6 Å². The maximum absolute atomic E-state index is 15.3. The number of carbonyl (C=O) groups excluding carboxylic acids is 2. The molecule has 1 unspecified atom stereocenters. The summed E-state index contributed by atoms with van der Waals surface area (Å²) in [5.74, 6) is -4.34. The van der Waals surface area contributed by atoms with Crippen LogP contribution in [0, 0.1) is 40.8 Å². The number of halogens is 2. The van der Waals surface area contributed by atoms with E-state index in [-0.39, 0.29) is 19.0 Å². The lowest BCUT2D eigenvalue weighted by molar-refractivity contribution is -0.206. The molecule has 7 rings (SSSR count). The van der Waals surface area contributed by atoms with Crippen LogP contribution in [0.3, 0.4) is 0 Å². The highest BCUT2D eigenvalue weighted by Crippen LogP contribution is 2.67. The second-order valence-corrected chi connectivity index (χ2v) is 12.3. The Kier molecular flexibility index (Phi) is 5.88. The number of hydrogen-bond acceptors (Lipinski definition) is 7. The number of alkyl halides is 1. The molecule has 8 nitrogen and oxygen atoms in total. The van der Waals surface area contributed by atoms with E-state index in [1.165, 1.54) is 31.2 Å². The summed E-state index contributed by atoms with van der Waals surface area (Å²) in [4.78, 5) is 38.3. The van der Waals surface area contributed by atoms with Gasteiger partial charge in [0.25, 0.3) is 0 Å². The topological polar surface area (TPSA) is 125 Å². The molecule has 4 bridgehead atoms. The first-order valence-electron chi connectivity index (χ1n) is 13.4. The maximum atomic E-state index is 15.3. The van der Waals surface area contributed by atoms with Crippen LogP contribution in [0.25, 0.3) is 0 Å². The molecule has 0 heterocycles. The van der Waals surface area contributed by atoms with E-state index in [1.54, 1.807) is 0 Å². The first-order valence-corrected chi connectivity index (χ1v) is 13.4. The summed E-state index contributed by atoms with van der Waals surface area (Å²) in [6.45, 7) is 1.37. The number of carboxylic acids is 1. The Morgan fingerprint density at radius 3 is 2.11 bits per heavy atom. The standard InChI is InChI=1S/C28H33F2NO7/c1-14(37-24(34)26-10-16-6-17(11-26)8-18(7-16)12-26)38-25(35)28(31)21(9-20-22(28)27(20,30)23(32)33)36-13-15-2-4-19(29)5-3-15/h2-5,14,16-18,20-22H,6-13,31H2,1H3,(H,32,33)/t14-,16?,17?,18?,20-,21?,22+,26?,27-,28+/m1/s1. The van der Waals surface area contributed by atoms with Crippen molar-refractivity contribution in [1.29, 1.82) is 0 Å². The Morgan fingerprint density at radius 2 is 1.55 bits per heavy atom. The first-order chi connectivity index (χ1) is 18.0. The van der Waals surface area contributed by atoms with Gasteiger partial charge in [0, 0.05) is 18.8 Å². The zero-order valence-corrected chi connectivity index (χ0v) is 21.2. The fourth-order valence-corrected chi connectivity index (χ4v) is 8.49. The van der Waals surface area contributed by atoms with Gasteiger partial charge in [0.05, 0.1) is 18.1 Å². The van der Waals surface area contributed by atoms with Gasteiger partial charge in [-0.1, -0.05) is 12.1 Å². The van der Waals surface area contributed by atoms with Gasteiger partial charge in [0.15, 0.2) is 0 Å². The Balaban J connectivity index is 1.15. The SMILES string of the molecule is C[C@H](OC(=O)C12CC3CC(CC(C3)C1)C2)OC(=O)[C@]1(N)C(OCc2ccc(F)cc2)C[C@@H]2[C@H]1[C@@]2(F)C(=O)O. The summed E-state index contributed by atoms with van der Waals surface area (Å²) >= 11 is 0. The van der Waals surface area contributed by atoms with Gasteiger partial charge in [0.2, 0.25) is 12.0 Å². The van der Waals surface area contributed by atoms with E-state index in [2.05, 4.69) is 0 Å². The van der Waals surface area contributed by atoms with E-state index in [0.29, 0.717) is 23.3 Å².